The Bertz CT molecular complexity index is 1310. The van der Waals surface area contributed by atoms with Gasteiger partial charge in [-0.3, -0.25) is 14.5 Å². The predicted molar refractivity (Wildman–Crippen MR) is 111 cm³/mol. The van der Waals surface area contributed by atoms with Crippen molar-refractivity contribution in [2.24, 2.45) is 7.05 Å². The van der Waals surface area contributed by atoms with Crippen molar-refractivity contribution in [2.75, 3.05) is 5.32 Å². The summed E-state index contributed by atoms with van der Waals surface area (Å²) < 4.78 is 44.0. The van der Waals surface area contributed by atoms with Crippen LogP contribution in [0, 0.1) is 0 Å². The van der Waals surface area contributed by atoms with Gasteiger partial charge in [0.1, 0.15) is 17.0 Å². The minimum Gasteiger partial charge on any atom is -0.321 e. The average Bonchev–Trinajstić information content (AvgIpc) is 3.35. The van der Waals surface area contributed by atoms with Crippen molar-refractivity contribution in [3.63, 3.8) is 0 Å². The molecule has 6 nitrogen and oxygen atoms in total. The number of aromatic nitrogens is 4. The zero-order valence-corrected chi connectivity index (χ0v) is 17.1. The summed E-state index contributed by atoms with van der Waals surface area (Å²) >= 11 is 1.23. The van der Waals surface area contributed by atoms with E-state index in [1.807, 2.05) is 0 Å². The lowest BCUT2D eigenvalue weighted by molar-refractivity contribution is -0.137. The van der Waals surface area contributed by atoms with Gasteiger partial charge in [0.15, 0.2) is 0 Å². The number of carbonyl (C=O) groups is 1. The van der Waals surface area contributed by atoms with E-state index in [0.29, 0.717) is 27.4 Å². The van der Waals surface area contributed by atoms with Crippen LogP contribution in [0.15, 0.2) is 42.0 Å². The van der Waals surface area contributed by atoms with Gasteiger partial charge in [0, 0.05) is 36.1 Å². The average molecular weight is 443 g/mol. The van der Waals surface area contributed by atoms with Crippen LogP contribution in [0.25, 0.3) is 21.5 Å². The number of rotatable bonds is 4. The molecule has 1 fully saturated rings. The van der Waals surface area contributed by atoms with Crippen molar-refractivity contribution in [3.8, 4) is 11.3 Å². The molecule has 1 aliphatic carbocycles. The number of hydrogen-bond donors (Lipinski definition) is 1. The smallest absolute Gasteiger partial charge is 0.321 e. The second-order valence-corrected chi connectivity index (χ2v) is 8.25. The van der Waals surface area contributed by atoms with Crippen LogP contribution in [-0.2, 0) is 13.2 Å². The number of pyridine rings is 1. The number of aryl methyl sites for hydroxylation is 1. The number of nitrogens with one attached hydrogen (secondary N) is 1. The van der Waals surface area contributed by atoms with Gasteiger partial charge in [-0.05, 0) is 31.0 Å². The molecule has 0 bridgehead atoms. The Balaban J connectivity index is 1.60. The standard InChI is InChI=1S/C21H16F3N5OS/c1-29-18(20(30)27-12-7-8-25-15(9-12)11-5-6-11)16(21(22,23)24)17(28-29)13-3-2-4-14-19(13)31-10-26-14/h2-4,7-11H,5-6H2,1H3,(H,25,27,30). The number of halogens is 3. The molecular weight excluding hydrogens is 427 g/mol. The molecule has 1 aromatic carbocycles. The quantitative estimate of drug-likeness (QED) is 0.468. The zero-order chi connectivity index (χ0) is 21.8. The third-order valence-electron chi connectivity index (χ3n) is 5.19. The number of anilines is 1. The van der Waals surface area contributed by atoms with Gasteiger partial charge in [-0.1, -0.05) is 12.1 Å². The number of alkyl halides is 3. The number of benzene rings is 1. The van der Waals surface area contributed by atoms with Crippen LogP contribution < -0.4 is 5.32 Å². The van der Waals surface area contributed by atoms with E-state index < -0.39 is 23.3 Å². The summed E-state index contributed by atoms with van der Waals surface area (Å²) in [6.07, 6.45) is -1.18. The lowest BCUT2D eigenvalue weighted by atomic mass is 10.0. The maximum atomic E-state index is 14.2. The molecule has 0 aliphatic heterocycles. The molecule has 158 valence electrons. The van der Waals surface area contributed by atoms with E-state index in [2.05, 4.69) is 20.4 Å². The first kappa shape index (κ1) is 19.7. The van der Waals surface area contributed by atoms with E-state index in [1.54, 1.807) is 42.0 Å². The topological polar surface area (TPSA) is 72.7 Å². The van der Waals surface area contributed by atoms with E-state index >= 15 is 0 Å². The molecule has 1 N–H and O–H groups in total. The highest BCUT2D eigenvalue weighted by atomic mass is 32.1. The Morgan fingerprint density at radius 1 is 1.23 bits per heavy atom. The molecule has 3 aromatic heterocycles. The zero-order valence-electron chi connectivity index (χ0n) is 16.3. The number of fused-ring (bicyclic) bond motifs is 1. The van der Waals surface area contributed by atoms with Gasteiger partial charge in [-0.25, -0.2) is 4.98 Å². The second kappa shape index (κ2) is 7.16. The Labute approximate surface area is 178 Å². The minimum absolute atomic E-state index is 0.289. The van der Waals surface area contributed by atoms with E-state index in [9.17, 15) is 18.0 Å². The first-order valence-electron chi connectivity index (χ1n) is 9.57. The molecule has 1 aliphatic rings. The summed E-state index contributed by atoms with van der Waals surface area (Å²) in [5.74, 6) is -0.524. The van der Waals surface area contributed by atoms with E-state index in [-0.39, 0.29) is 5.69 Å². The van der Waals surface area contributed by atoms with Gasteiger partial charge in [-0.15, -0.1) is 11.3 Å². The van der Waals surface area contributed by atoms with Crippen LogP contribution >= 0.6 is 11.3 Å². The van der Waals surface area contributed by atoms with Crippen LogP contribution in [0.2, 0.25) is 0 Å². The van der Waals surface area contributed by atoms with Crippen molar-refractivity contribution in [1.29, 1.82) is 0 Å². The van der Waals surface area contributed by atoms with Crippen molar-refractivity contribution >= 4 is 33.1 Å². The summed E-state index contributed by atoms with van der Waals surface area (Å²) in [6.45, 7) is 0. The van der Waals surface area contributed by atoms with Crippen molar-refractivity contribution in [1.82, 2.24) is 19.7 Å². The summed E-state index contributed by atoms with van der Waals surface area (Å²) in [5.41, 5.74) is 1.78. The molecule has 0 unspecified atom stereocenters. The molecule has 5 rings (SSSR count). The third kappa shape index (κ3) is 3.56. The van der Waals surface area contributed by atoms with Gasteiger partial charge in [-0.2, -0.15) is 18.3 Å². The highest BCUT2D eigenvalue weighted by molar-refractivity contribution is 7.17. The van der Waals surface area contributed by atoms with Gasteiger partial charge in [0.25, 0.3) is 5.91 Å². The molecule has 31 heavy (non-hydrogen) atoms. The molecule has 0 saturated heterocycles. The van der Waals surface area contributed by atoms with Gasteiger partial charge >= 0.3 is 6.18 Å². The molecule has 1 saturated carbocycles. The van der Waals surface area contributed by atoms with Crippen molar-refractivity contribution in [3.05, 3.63) is 59.0 Å². The fourth-order valence-electron chi connectivity index (χ4n) is 3.63. The maximum absolute atomic E-state index is 14.2. The molecule has 10 heteroatoms. The van der Waals surface area contributed by atoms with Crippen molar-refractivity contribution in [2.45, 2.75) is 24.9 Å². The lowest BCUT2D eigenvalue weighted by Crippen LogP contribution is -2.21. The Kier molecular flexibility index (Phi) is 4.54. The van der Waals surface area contributed by atoms with E-state index in [4.69, 9.17) is 0 Å². The van der Waals surface area contributed by atoms with Gasteiger partial charge < -0.3 is 5.32 Å². The van der Waals surface area contributed by atoms with Crippen LogP contribution in [0.1, 0.15) is 40.5 Å². The highest BCUT2D eigenvalue weighted by Gasteiger charge is 2.42. The van der Waals surface area contributed by atoms with Crippen LogP contribution in [0.4, 0.5) is 18.9 Å². The highest BCUT2D eigenvalue weighted by Crippen LogP contribution is 2.42. The molecular formula is C21H16F3N5OS. The Morgan fingerprint density at radius 3 is 2.77 bits per heavy atom. The minimum atomic E-state index is -4.78. The summed E-state index contributed by atoms with van der Waals surface area (Å²) in [5, 5.41) is 6.68. The van der Waals surface area contributed by atoms with Crippen LogP contribution in [0.3, 0.4) is 0 Å². The van der Waals surface area contributed by atoms with Crippen LogP contribution in [-0.4, -0.2) is 25.7 Å². The number of hydrogen-bond acceptors (Lipinski definition) is 5. The maximum Gasteiger partial charge on any atom is 0.420 e. The summed E-state index contributed by atoms with van der Waals surface area (Å²) in [4.78, 5) is 21.4. The number of amides is 1. The Hall–Kier alpha value is -3.27. The number of carbonyl (C=O) groups excluding carboxylic acids is 1. The van der Waals surface area contributed by atoms with Gasteiger partial charge in [0.2, 0.25) is 0 Å². The Morgan fingerprint density at radius 2 is 2.03 bits per heavy atom. The predicted octanol–water partition coefficient (Wildman–Crippen LogP) is 5.24. The van der Waals surface area contributed by atoms with Crippen LogP contribution in [0.5, 0.6) is 0 Å². The summed E-state index contributed by atoms with van der Waals surface area (Å²) in [7, 11) is 1.34. The fraction of sp³-hybridized carbons (Fsp3) is 0.238. The SMILES string of the molecule is Cn1nc(-c2cccc3ncsc23)c(C(F)(F)F)c1C(=O)Nc1ccnc(C2CC2)c1. The first-order chi connectivity index (χ1) is 14.8. The van der Waals surface area contributed by atoms with Gasteiger partial charge in [0.05, 0.1) is 15.7 Å². The summed E-state index contributed by atoms with van der Waals surface area (Å²) in [6, 6.07) is 8.18. The fourth-order valence-corrected chi connectivity index (χ4v) is 4.44. The van der Waals surface area contributed by atoms with E-state index in [0.717, 1.165) is 23.2 Å². The monoisotopic (exact) mass is 443 g/mol. The first-order valence-corrected chi connectivity index (χ1v) is 10.4. The number of thiazole rings is 1. The van der Waals surface area contributed by atoms with E-state index in [1.165, 1.54) is 18.4 Å². The molecule has 3 heterocycles. The molecule has 0 radical (unpaired) electrons. The normalized spacial score (nSPS) is 14.2. The van der Waals surface area contributed by atoms with Crippen molar-refractivity contribution < 1.29 is 18.0 Å². The molecule has 0 spiro atoms. The largest absolute Gasteiger partial charge is 0.420 e. The molecule has 4 aromatic rings. The molecule has 0 atom stereocenters. The second-order valence-electron chi connectivity index (χ2n) is 7.40. The molecule has 1 amide bonds. The third-order valence-corrected chi connectivity index (χ3v) is 6.07. The number of nitrogens with zero attached hydrogens (tertiary/aromatic N) is 4. The lowest BCUT2D eigenvalue weighted by Gasteiger charge is -2.12.